The van der Waals surface area contributed by atoms with Gasteiger partial charge in [0.05, 0.1) is 12.2 Å². The van der Waals surface area contributed by atoms with E-state index in [1.807, 2.05) is 0 Å². The molecule has 1 rings (SSSR count). The molecule has 10 heavy (non-hydrogen) atoms. The van der Waals surface area contributed by atoms with Gasteiger partial charge in [0, 0.05) is 0 Å². The van der Waals surface area contributed by atoms with Crippen molar-refractivity contribution >= 4 is 0 Å². The molecule has 0 aliphatic carbocycles. The molecule has 1 saturated heterocycles. The molecule has 0 N–H and O–H groups in total. The van der Waals surface area contributed by atoms with Gasteiger partial charge in [-0.1, -0.05) is 20.8 Å². The Morgan fingerprint density at radius 3 is 1.90 bits per heavy atom. The molecule has 0 unspecified atom stereocenters. The van der Waals surface area contributed by atoms with E-state index in [2.05, 4.69) is 27.7 Å². The van der Waals surface area contributed by atoms with E-state index in [1.54, 1.807) is 0 Å². The van der Waals surface area contributed by atoms with Gasteiger partial charge in [0.25, 0.3) is 0 Å². The Hall–Kier alpha value is -0.0400. The average molecular weight is 142 g/mol. The number of ether oxygens (including phenoxy) is 1. The molecule has 1 aliphatic heterocycles. The Labute approximate surface area is 63.8 Å². The molecule has 0 amide bonds. The van der Waals surface area contributed by atoms with Gasteiger partial charge in [-0.05, 0) is 25.2 Å². The van der Waals surface area contributed by atoms with Crippen molar-refractivity contribution < 1.29 is 4.74 Å². The number of hydrogen-bond acceptors (Lipinski definition) is 1. The summed E-state index contributed by atoms with van der Waals surface area (Å²) in [6.07, 6.45) is 2.15. The van der Waals surface area contributed by atoms with Crippen molar-refractivity contribution in [2.75, 3.05) is 0 Å². The van der Waals surface area contributed by atoms with Crippen LogP contribution in [0.5, 0.6) is 0 Å². The van der Waals surface area contributed by atoms with Gasteiger partial charge < -0.3 is 4.74 Å². The highest BCUT2D eigenvalue weighted by Crippen LogP contribution is 2.32. The van der Waals surface area contributed by atoms with Crippen LogP contribution in [0.4, 0.5) is 0 Å². The second-order valence-electron chi connectivity index (χ2n) is 3.51. The van der Waals surface area contributed by atoms with Crippen LogP contribution < -0.4 is 0 Å². The summed E-state index contributed by atoms with van der Waals surface area (Å²) < 4.78 is 5.73. The van der Waals surface area contributed by atoms with Crippen LogP contribution in [0.25, 0.3) is 0 Å². The third kappa shape index (κ3) is 1.20. The first-order valence-corrected chi connectivity index (χ1v) is 4.32. The minimum atomic E-state index is 0.472. The lowest BCUT2D eigenvalue weighted by molar-refractivity contribution is 0.0393. The lowest BCUT2D eigenvalue weighted by atomic mass is 9.90. The maximum atomic E-state index is 5.73. The molecule has 0 bridgehead atoms. The van der Waals surface area contributed by atoms with Crippen molar-refractivity contribution in [1.29, 1.82) is 0 Å². The van der Waals surface area contributed by atoms with E-state index < -0.39 is 0 Å². The predicted molar refractivity (Wildman–Crippen MR) is 43.0 cm³/mol. The summed E-state index contributed by atoms with van der Waals surface area (Å²) in [6, 6.07) is 0. The molecular formula is C9H18O. The van der Waals surface area contributed by atoms with Crippen LogP contribution in [-0.2, 0) is 4.74 Å². The minimum absolute atomic E-state index is 0.472. The number of hydrogen-bond donors (Lipinski definition) is 0. The van der Waals surface area contributed by atoms with Crippen molar-refractivity contribution in [3.63, 3.8) is 0 Å². The highest BCUT2D eigenvalue weighted by Gasteiger charge is 2.34. The van der Waals surface area contributed by atoms with Crippen LogP contribution in [0, 0.1) is 11.8 Å². The molecule has 1 fully saturated rings. The molecule has 1 heteroatoms. The van der Waals surface area contributed by atoms with Gasteiger partial charge >= 0.3 is 0 Å². The fraction of sp³-hybridized carbons (Fsp3) is 1.00. The van der Waals surface area contributed by atoms with Crippen LogP contribution in [0.3, 0.4) is 0 Å². The van der Waals surface area contributed by atoms with Gasteiger partial charge in [-0.25, -0.2) is 0 Å². The zero-order valence-corrected chi connectivity index (χ0v) is 7.42. The van der Waals surface area contributed by atoms with Gasteiger partial charge in [0.15, 0.2) is 0 Å². The van der Waals surface area contributed by atoms with Crippen LogP contribution >= 0.6 is 0 Å². The average Bonchev–Trinajstić information content (AvgIpc) is 2.17. The zero-order chi connectivity index (χ0) is 7.72. The molecule has 0 aromatic carbocycles. The van der Waals surface area contributed by atoms with Crippen molar-refractivity contribution in [3.8, 4) is 0 Å². The Morgan fingerprint density at radius 1 is 1.10 bits per heavy atom. The van der Waals surface area contributed by atoms with Crippen molar-refractivity contribution in [2.45, 2.75) is 46.3 Å². The van der Waals surface area contributed by atoms with Crippen LogP contribution in [0.1, 0.15) is 34.1 Å². The Bertz CT molecular complexity index is 111. The normalized spacial score (nSPS) is 48.0. The maximum Gasteiger partial charge on any atom is 0.0605 e. The molecule has 0 radical (unpaired) electrons. The van der Waals surface area contributed by atoms with Gasteiger partial charge in [0.1, 0.15) is 0 Å². The van der Waals surface area contributed by atoms with E-state index >= 15 is 0 Å². The summed E-state index contributed by atoms with van der Waals surface area (Å²) in [6.45, 7) is 8.95. The summed E-state index contributed by atoms with van der Waals surface area (Å²) in [5, 5.41) is 0. The SMILES string of the molecule is CC[C@H]1O[C@@H](C)[C@H](C)[C@@H]1C. The lowest BCUT2D eigenvalue weighted by Gasteiger charge is -2.12. The molecule has 0 spiro atoms. The smallest absolute Gasteiger partial charge is 0.0605 e. The van der Waals surface area contributed by atoms with Gasteiger partial charge in [-0.2, -0.15) is 0 Å². The summed E-state index contributed by atoms with van der Waals surface area (Å²) in [7, 11) is 0. The minimum Gasteiger partial charge on any atom is -0.375 e. The second kappa shape index (κ2) is 2.91. The topological polar surface area (TPSA) is 9.23 Å². The van der Waals surface area contributed by atoms with E-state index in [-0.39, 0.29) is 0 Å². The maximum absolute atomic E-state index is 5.73. The molecule has 4 atom stereocenters. The monoisotopic (exact) mass is 142 g/mol. The molecule has 0 saturated carbocycles. The summed E-state index contributed by atoms with van der Waals surface area (Å²) in [5.74, 6) is 1.49. The van der Waals surface area contributed by atoms with Crippen molar-refractivity contribution in [2.24, 2.45) is 11.8 Å². The Balaban J connectivity index is 2.53. The van der Waals surface area contributed by atoms with E-state index in [0.717, 1.165) is 18.3 Å². The molecule has 1 nitrogen and oxygen atoms in total. The number of rotatable bonds is 1. The molecular weight excluding hydrogens is 124 g/mol. The summed E-state index contributed by atoms with van der Waals surface area (Å²) in [5.41, 5.74) is 0. The van der Waals surface area contributed by atoms with Crippen LogP contribution in [0.2, 0.25) is 0 Å². The molecule has 1 aliphatic rings. The Kier molecular flexibility index (Phi) is 2.35. The molecule has 0 aromatic rings. The van der Waals surface area contributed by atoms with Gasteiger partial charge in [-0.3, -0.25) is 0 Å². The second-order valence-corrected chi connectivity index (χ2v) is 3.51. The highest BCUT2D eigenvalue weighted by atomic mass is 16.5. The molecule has 60 valence electrons. The molecule has 1 heterocycles. The zero-order valence-electron chi connectivity index (χ0n) is 7.42. The third-order valence-electron chi connectivity index (χ3n) is 2.95. The Morgan fingerprint density at radius 2 is 1.70 bits per heavy atom. The van der Waals surface area contributed by atoms with E-state index in [4.69, 9.17) is 4.74 Å². The van der Waals surface area contributed by atoms with Gasteiger partial charge in [0.2, 0.25) is 0 Å². The first-order valence-electron chi connectivity index (χ1n) is 4.32. The van der Waals surface area contributed by atoms with E-state index in [9.17, 15) is 0 Å². The van der Waals surface area contributed by atoms with E-state index in [1.165, 1.54) is 0 Å². The van der Waals surface area contributed by atoms with Crippen LogP contribution in [0.15, 0.2) is 0 Å². The van der Waals surface area contributed by atoms with Crippen molar-refractivity contribution in [3.05, 3.63) is 0 Å². The summed E-state index contributed by atoms with van der Waals surface area (Å²) in [4.78, 5) is 0. The van der Waals surface area contributed by atoms with Gasteiger partial charge in [-0.15, -0.1) is 0 Å². The first kappa shape index (κ1) is 8.06. The summed E-state index contributed by atoms with van der Waals surface area (Å²) >= 11 is 0. The predicted octanol–water partition coefficient (Wildman–Crippen LogP) is 2.46. The highest BCUT2D eigenvalue weighted by molar-refractivity contribution is 4.82. The largest absolute Gasteiger partial charge is 0.375 e. The fourth-order valence-corrected chi connectivity index (χ4v) is 1.76. The quantitative estimate of drug-likeness (QED) is 0.546. The van der Waals surface area contributed by atoms with Crippen LogP contribution in [-0.4, -0.2) is 12.2 Å². The standard InChI is InChI=1S/C9H18O/c1-5-9-7(3)6(2)8(4)10-9/h6-9H,5H2,1-4H3/t6-,7+,8+,9-/m1/s1. The first-order chi connectivity index (χ1) is 4.66. The molecule has 0 aromatic heterocycles. The van der Waals surface area contributed by atoms with Crippen molar-refractivity contribution in [1.82, 2.24) is 0 Å². The van der Waals surface area contributed by atoms with E-state index in [0.29, 0.717) is 12.2 Å². The fourth-order valence-electron chi connectivity index (χ4n) is 1.76. The third-order valence-corrected chi connectivity index (χ3v) is 2.95. The lowest BCUT2D eigenvalue weighted by Crippen LogP contribution is -2.14.